The maximum absolute atomic E-state index is 11.6. The van der Waals surface area contributed by atoms with Crippen LogP contribution < -0.4 is 16.0 Å². The second-order valence-corrected chi connectivity index (χ2v) is 4.62. The molecule has 4 nitrogen and oxygen atoms in total. The van der Waals surface area contributed by atoms with Gasteiger partial charge in [-0.1, -0.05) is 24.5 Å². The van der Waals surface area contributed by atoms with E-state index in [0.717, 1.165) is 32.4 Å². The molecule has 0 bridgehead atoms. The summed E-state index contributed by atoms with van der Waals surface area (Å²) in [6.45, 7) is 2.65. The summed E-state index contributed by atoms with van der Waals surface area (Å²) in [6.07, 6.45) is 7.99. The number of carbonyl (C=O) groups is 1. The van der Waals surface area contributed by atoms with Crippen molar-refractivity contribution in [1.82, 2.24) is 16.0 Å². The first kappa shape index (κ1) is 11.5. The van der Waals surface area contributed by atoms with Gasteiger partial charge in [-0.25, -0.2) is 4.79 Å². The van der Waals surface area contributed by atoms with Crippen LogP contribution in [0.5, 0.6) is 0 Å². The Morgan fingerprint density at radius 3 is 2.94 bits per heavy atom. The lowest BCUT2D eigenvalue weighted by Crippen LogP contribution is -2.42. The molecule has 0 aromatic rings. The highest BCUT2D eigenvalue weighted by Gasteiger charge is 2.16. The third kappa shape index (κ3) is 3.52. The first-order valence-corrected chi connectivity index (χ1v) is 6.27. The molecule has 0 atom stereocenters. The van der Waals surface area contributed by atoms with Crippen molar-refractivity contribution in [3.8, 4) is 0 Å². The maximum atomic E-state index is 11.6. The largest absolute Gasteiger partial charge is 0.335 e. The lowest BCUT2D eigenvalue weighted by Gasteiger charge is -2.16. The Balaban J connectivity index is 1.64. The summed E-state index contributed by atoms with van der Waals surface area (Å²) in [4.78, 5) is 11.6. The smallest absolute Gasteiger partial charge is 0.315 e. The maximum Gasteiger partial charge on any atom is 0.315 e. The summed E-state index contributed by atoms with van der Waals surface area (Å²) in [5.41, 5.74) is 1.33. The van der Waals surface area contributed by atoms with Gasteiger partial charge >= 0.3 is 6.03 Å². The zero-order valence-electron chi connectivity index (χ0n) is 9.72. The molecule has 2 rings (SSSR count). The molecule has 90 valence electrons. The van der Waals surface area contributed by atoms with Gasteiger partial charge in [-0.3, -0.25) is 0 Å². The number of amides is 2. The first-order chi connectivity index (χ1) is 7.84. The Kier molecular flexibility index (Phi) is 4.22. The number of hydrogen-bond acceptors (Lipinski definition) is 2. The minimum Gasteiger partial charge on any atom is -0.335 e. The van der Waals surface area contributed by atoms with Crippen LogP contribution in [0.2, 0.25) is 0 Å². The van der Waals surface area contributed by atoms with E-state index < -0.39 is 0 Å². The van der Waals surface area contributed by atoms with Gasteiger partial charge in [0.25, 0.3) is 0 Å². The molecule has 16 heavy (non-hydrogen) atoms. The van der Waals surface area contributed by atoms with Crippen LogP contribution in [-0.2, 0) is 0 Å². The van der Waals surface area contributed by atoms with Gasteiger partial charge in [0.15, 0.2) is 0 Å². The molecule has 1 saturated carbocycles. The molecule has 1 aliphatic carbocycles. The highest BCUT2D eigenvalue weighted by molar-refractivity contribution is 5.74. The van der Waals surface area contributed by atoms with Gasteiger partial charge in [-0.2, -0.15) is 0 Å². The molecule has 1 heterocycles. The average molecular weight is 223 g/mol. The molecule has 1 aliphatic heterocycles. The highest BCUT2D eigenvalue weighted by atomic mass is 16.2. The fourth-order valence-electron chi connectivity index (χ4n) is 2.33. The predicted molar refractivity (Wildman–Crippen MR) is 64.4 cm³/mol. The number of hydrogen-bond donors (Lipinski definition) is 3. The standard InChI is InChI=1S/C12H21N3O/c16-12(15-11-3-1-2-4-11)14-9-10-5-7-13-8-6-10/h5,11,13H,1-4,6-9H2,(H2,14,15,16). The molecule has 2 amide bonds. The van der Waals surface area contributed by atoms with Gasteiger partial charge in [-0.05, 0) is 25.8 Å². The molecule has 0 aromatic heterocycles. The molecule has 3 N–H and O–H groups in total. The molecule has 0 aromatic carbocycles. The number of rotatable bonds is 3. The Morgan fingerprint density at radius 1 is 1.44 bits per heavy atom. The fraction of sp³-hybridized carbons (Fsp3) is 0.750. The molecular weight excluding hydrogens is 202 g/mol. The Labute approximate surface area is 96.9 Å². The van der Waals surface area contributed by atoms with Gasteiger partial charge in [0.05, 0.1) is 0 Å². The van der Waals surface area contributed by atoms with E-state index in [-0.39, 0.29) is 6.03 Å². The zero-order valence-corrected chi connectivity index (χ0v) is 9.72. The zero-order chi connectivity index (χ0) is 11.2. The molecule has 2 aliphatic rings. The van der Waals surface area contributed by atoms with E-state index in [1.165, 1.54) is 18.4 Å². The summed E-state index contributed by atoms with van der Waals surface area (Å²) in [5.74, 6) is 0. The van der Waals surface area contributed by atoms with Crippen LogP contribution in [0.3, 0.4) is 0 Å². The van der Waals surface area contributed by atoms with Crippen molar-refractivity contribution < 1.29 is 4.79 Å². The number of urea groups is 1. The fourth-order valence-corrected chi connectivity index (χ4v) is 2.33. The quantitative estimate of drug-likeness (QED) is 0.629. The highest BCUT2D eigenvalue weighted by Crippen LogP contribution is 2.17. The second-order valence-electron chi connectivity index (χ2n) is 4.62. The molecule has 0 spiro atoms. The van der Waals surface area contributed by atoms with E-state index in [1.807, 2.05) is 0 Å². The normalized spacial score (nSPS) is 21.6. The minimum atomic E-state index is -0.00803. The van der Waals surface area contributed by atoms with Gasteiger partial charge < -0.3 is 16.0 Å². The second kappa shape index (κ2) is 5.89. The van der Waals surface area contributed by atoms with Gasteiger partial charge in [-0.15, -0.1) is 0 Å². The van der Waals surface area contributed by atoms with Crippen LogP contribution in [-0.4, -0.2) is 31.7 Å². The predicted octanol–water partition coefficient (Wildman–Crippen LogP) is 1.15. The van der Waals surface area contributed by atoms with Crippen molar-refractivity contribution in [1.29, 1.82) is 0 Å². The van der Waals surface area contributed by atoms with E-state index in [0.29, 0.717) is 12.6 Å². The number of carbonyl (C=O) groups excluding carboxylic acids is 1. The van der Waals surface area contributed by atoms with E-state index in [1.54, 1.807) is 0 Å². The molecule has 0 unspecified atom stereocenters. The summed E-state index contributed by atoms with van der Waals surface area (Å²) in [7, 11) is 0. The average Bonchev–Trinajstić information content (AvgIpc) is 2.81. The molecular formula is C12H21N3O. The molecule has 4 heteroatoms. The summed E-state index contributed by atoms with van der Waals surface area (Å²) in [6, 6.07) is 0.397. The Hall–Kier alpha value is -1.03. The van der Waals surface area contributed by atoms with Crippen LogP contribution >= 0.6 is 0 Å². The van der Waals surface area contributed by atoms with Crippen molar-refractivity contribution in [2.24, 2.45) is 0 Å². The molecule has 0 radical (unpaired) electrons. The lowest BCUT2D eigenvalue weighted by molar-refractivity contribution is 0.238. The lowest BCUT2D eigenvalue weighted by atomic mass is 10.1. The monoisotopic (exact) mass is 223 g/mol. The van der Waals surface area contributed by atoms with Crippen LogP contribution in [0.4, 0.5) is 4.79 Å². The van der Waals surface area contributed by atoms with Crippen molar-refractivity contribution in [3.05, 3.63) is 11.6 Å². The summed E-state index contributed by atoms with van der Waals surface area (Å²) < 4.78 is 0. The van der Waals surface area contributed by atoms with Crippen molar-refractivity contribution in [2.75, 3.05) is 19.6 Å². The topological polar surface area (TPSA) is 53.2 Å². The summed E-state index contributed by atoms with van der Waals surface area (Å²) >= 11 is 0. The third-order valence-corrected chi connectivity index (χ3v) is 3.32. The van der Waals surface area contributed by atoms with Gasteiger partial charge in [0.1, 0.15) is 0 Å². The summed E-state index contributed by atoms with van der Waals surface area (Å²) in [5, 5.41) is 9.22. The van der Waals surface area contributed by atoms with Gasteiger partial charge in [0, 0.05) is 19.1 Å². The van der Waals surface area contributed by atoms with Crippen LogP contribution in [0.1, 0.15) is 32.1 Å². The van der Waals surface area contributed by atoms with Crippen molar-refractivity contribution >= 4 is 6.03 Å². The Bertz CT molecular complexity index is 269. The van der Waals surface area contributed by atoms with E-state index in [2.05, 4.69) is 22.0 Å². The van der Waals surface area contributed by atoms with E-state index >= 15 is 0 Å². The number of nitrogens with one attached hydrogen (secondary N) is 3. The van der Waals surface area contributed by atoms with Crippen molar-refractivity contribution in [2.45, 2.75) is 38.1 Å². The minimum absolute atomic E-state index is 0.00803. The first-order valence-electron chi connectivity index (χ1n) is 6.27. The van der Waals surface area contributed by atoms with Crippen LogP contribution in [0.15, 0.2) is 11.6 Å². The SMILES string of the molecule is O=C(NCC1=CCNCC1)NC1CCCC1. The van der Waals surface area contributed by atoms with Crippen molar-refractivity contribution in [3.63, 3.8) is 0 Å². The third-order valence-electron chi connectivity index (χ3n) is 3.32. The van der Waals surface area contributed by atoms with E-state index in [4.69, 9.17) is 0 Å². The Morgan fingerprint density at radius 2 is 2.25 bits per heavy atom. The van der Waals surface area contributed by atoms with Crippen LogP contribution in [0.25, 0.3) is 0 Å². The van der Waals surface area contributed by atoms with Crippen LogP contribution in [0, 0.1) is 0 Å². The van der Waals surface area contributed by atoms with E-state index in [9.17, 15) is 4.79 Å². The van der Waals surface area contributed by atoms with Gasteiger partial charge in [0.2, 0.25) is 0 Å². The molecule has 0 saturated heterocycles. The molecule has 1 fully saturated rings.